The maximum absolute atomic E-state index is 6.03. The van der Waals surface area contributed by atoms with Gasteiger partial charge in [-0.2, -0.15) is 0 Å². The van der Waals surface area contributed by atoms with Gasteiger partial charge < -0.3 is 11.1 Å². The number of rotatable bonds is 3. The number of nitrogen functional groups attached to an aromatic ring is 1. The molecule has 2 aromatic rings. The molecule has 1 heterocycles. The van der Waals surface area contributed by atoms with Gasteiger partial charge in [0, 0.05) is 33.7 Å². The van der Waals surface area contributed by atoms with E-state index < -0.39 is 0 Å². The van der Waals surface area contributed by atoms with Crippen molar-refractivity contribution in [3.05, 3.63) is 28.9 Å². The summed E-state index contributed by atoms with van der Waals surface area (Å²) in [4.78, 5) is 4.40. The van der Waals surface area contributed by atoms with Crippen LogP contribution in [0.5, 0.6) is 0 Å². The number of aromatic nitrogens is 1. The summed E-state index contributed by atoms with van der Waals surface area (Å²) in [5, 5.41) is 5.42. The van der Waals surface area contributed by atoms with Crippen LogP contribution >= 0.6 is 15.9 Å². The Morgan fingerprint density at radius 1 is 1.41 bits per heavy atom. The van der Waals surface area contributed by atoms with Gasteiger partial charge in [0.05, 0.1) is 0 Å². The van der Waals surface area contributed by atoms with Crippen LogP contribution in [0.15, 0.2) is 28.9 Å². The van der Waals surface area contributed by atoms with Crippen LogP contribution in [-0.4, -0.2) is 11.5 Å². The normalized spacial score (nSPS) is 11.1. The van der Waals surface area contributed by atoms with Gasteiger partial charge in [-0.15, -0.1) is 0 Å². The van der Waals surface area contributed by atoms with E-state index in [2.05, 4.69) is 40.1 Å². The Morgan fingerprint density at radius 3 is 2.88 bits per heavy atom. The second-order valence-electron chi connectivity index (χ2n) is 4.50. The lowest BCUT2D eigenvalue weighted by Crippen LogP contribution is -2.10. The summed E-state index contributed by atoms with van der Waals surface area (Å²) in [6.45, 7) is 5.22. The Hall–Kier alpha value is -1.29. The van der Waals surface area contributed by atoms with Crippen LogP contribution in [0.3, 0.4) is 0 Å². The van der Waals surface area contributed by atoms with Crippen molar-refractivity contribution in [2.24, 2.45) is 5.92 Å². The highest BCUT2D eigenvalue weighted by Gasteiger charge is 2.08. The zero-order chi connectivity index (χ0) is 12.4. The van der Waals surface area contributed by atoms with Crippen molar-refractivity contribution >= 4 is 38.2 Å². The second kappa shape index (κ2) is 4.92. The van der Waals surface area contributed by atoms with Crippen molar-refractivity contribution in [3.8, 4) is 0 Å². The Morgan fingerprint density at radius 2 is 2.18 bits per heavy atom. The lowest BCUT2D eigenvalue weighted by Gasteiger charge is -2.13. The second-order valence-corrected chi connectivity index (χ2v) is 5.35. The summed E-state index contributed by atoms with van der Waals surface area (Å²) < 4.78 is 0.967. The molecule has 0 amide bonds. The number of fused-ring (bicyclic) bond motifs is 1. The molecular formula is C13H16BrN3. The molecule has 3 N–H and O–H groups in total. The molecule has 1 aromatic carbocycles. The third-order valence-corrected chi connectivity index (χ3v) is 3.21. The molecule has 0 atom stereocenters. The number of nitrogens with zero attached hydrogens (tertiary/aromatic N) is 1. The van der Waals surface area contributed by atoms with Gasteiger partial charge in [-0.25, -0.2) is 4.98 Å². The van der Waals surface area contributed by atoms with Gasteiger partial charge >= 0.3 is 0 Å². The minimum absolute atomic E-state index is 0.570. The van der Waals surface area contributed by atoms with Crippen LogP contribution < -0.4 is 11.1 Å². The van der Waals surface area contributed by atoms with Crippen molar-refractivity contribution in [3.63, 3.8) is 0 Å². The molecular weight excluding hydrogens is 278 g/mol. The quantitative estimate of drug-likeness (QED) is 0.850. The number of benzene rings is 1. The summed E-state index contributed by atoms with van der Waals surface area (Å²) >= 11 is 3.50. The molecule has 0 saturated carbocycles. The smallest absolute Gasteiger partial charge is 0.136 e. The van der Waals surface area contributed by atoms with E-state index in [-0.39, 0.29) is 0 Å². The molecule has 0 unspecified atom stereocenters. The predicted molar refractivity (Wildman–Crippen MR) is 77.2 cm³/mol. The maximum Gasteiger partial charge on any atom is 0.136 e. The third-order valence-electron chi connectivity index (χ3n) is 2.58. The van der Waals surface area contributed by atoms with Crippen molar-refractivity contribution in [2.45, 2.75) is 13.8 Å². The standard InChI is InChI=1S/C13H16BrN3/c1-8(2)6-16-13-12-9(10(14)7-17-13)4-3-5-11(12)15/h3-5,7-8H,6,15H2,1-2H3,(H,16,17). The van der Waals surface area contributed by atoms with Gasteiger partial charge in [0.1, 0.15) is 5.82 Å². The SMILES string of the molecule is CC(C)CNc1ncc(Br)c2cccc(N)c12. The molecule has 0 aliphatic heterocycles. The predicted octanol–water partition coefficient (Wildman–Crippen LogP) is 3.65. The fraction of sp³-hybridized carbons (Fsp3) is 0.308. The van der Waals surface area contributed by atoms with Crippen molar-refractivity contribution in [1.82, 2.24) is 4.98 Å². The summed E-state index contributed by atoms with van der Waals surface area (Å²) in [7, 11) is 0. The van der Waals surface area contributed by atoms with E-state index in [0.29, 0.717) is 5.92 Å². The van der Waals surface area contributed by atoms with E-state index >= 15 is 0 Å². The van der Waals surface area contributed by atoms with Crippen LogP contribution in [-0.2, 0) is 0 Å². The molecule has 4 heteroatoms. The van der Waals surface area contributed by atoms with Gasteiger partial charge in [-0.3, -0.25) is 0 Å². The van der Waals surface area contributed by atoms with Crippen molar-refractivity contribution in [2.75, 3.05) is 17.6 Å². The summed E-state index contributed by atoms with van der Waals surface area (Å²) in [6, 6.07) is 5.89. The Bertz CT molecular complexity index is 537. The average Bonchev–Trinajstić information content (AvgIpc) is 2.29. The highest BCUT2D eigenvalue weighted by Crippen LogP contribution is 2.32. The Balaban J connectivity index is 2.52. The van der Waals surface area contributed by atoms with Crippen LogP contribution in [0.1, 0.15) is 13.8 Å². The topological polar surface area (TPSA) is 50.9 Å². The average molecular weight is 294 g/mol. The first-order valence-corrected chi connectivity index (χ1v) is 6.45. The highest BCUT2D eigenvalue weighted by atomic mass is 79.9. The molecule has 17 heavy (non-hydrogen) atoms. The Kier molecular flexibility index (Phi) is 3.52. The van der Waals surface area contributed by atoms with Gasteiger partial charge in [0.25, 0.3) is 0 Å². The zero-order valence-electron chi connectivity index (χ0n) is 10.00. The lowest BCUT2D eigenvalue weighted by atomic mass is 10.1. The fourth-order valence-corrected chi connectivity index (χ4v) is 2.16. The van der Waals surface area contributed by atoms with Crippen LogP contribution in [0.4, 0.5) is 11.5 Å². The number of pyridine rings is 1. The first kappa shape index (κ1) is 12.2. The molecule has 0 radical (unpaired) electrons. The van der Waals surface area contributed by atoms with Crippen molar-refractivity contribution in [1.29, 1.82) is 0 Å². The molecule has 0 spiro atoms. The number of nitrogens with one attached hydrogen (secondary N) is 1. The lowest BCUT2D eigenvalue weighted by molar-refractivity contribution is 0.687. The number of hydrogen-bond donors (Lipinski definition) is 2. The summed E-state index contributed by atoms with van der Waals surface area (Å²) in [5.41, 5.74) is 6.78. The first-order chi connectivity index (χ1) is 8.09. The third kappa shape index (κ3) is 2.52. The zero-order valence-corrected chi connectivity index (χ0v) is 11.6. The van der Waals surface area contributed by atoms with Gasteiger partial charge in [-0.1, -0.05) is 26.0 Å². The molecule has 3 nitrogen and oxygen atoms in total. The van der Waals surface area contributed by atoms with Gasteiger partial charge in [-0.05, 0) is 27.9 Å². The number of hydrogen-bond acceptors (Lipinski definition) is 3. The molecule has 0 saturated heterocycles. The number of halogens is 1. The van der Waals surface area contributed by atoms with Crippen LogP contribution in [0.25, 0.3) is 10.8 Å². The molecule has 0 aliphatic rings. The molecule has 2 rings (SSSR count). The first-order valence-electron chi connectivity index (χ1n) is 5.66. The largest absolute Gasteiger partial charge is 0.398 e. The van der Waals surface area contributed by atoms with Crippen molar-refractivity contribution < 1.29 is 0 Å². The minimum atomic E-state index is 0.570. The minimum Gasteiger partial charge on any atom is -0.398 e. The fourth-order valence-electron chi connectivity index (χ4n) is 1.72. The van der Waals surface area contributed by atoms with Gasteiger partial charge in [0.15, 0.2) is 0 Å². The molecule has 0 aliphatic carbocycles. The van der Waals surface area contributed by atoms with E-state index in [0.717, 1.165) is 33.3 Å². The molecule has 90 valence electrons. The molecule has 1 aromatic heterocycles. The van der Waals surface area contributed by atoms with Crippen LogP contribution in [0, 0.1) is 5.92 Å². The van der Waals surface area contributed by atoms with E-state index in [4.69, 9.17) is 5.73 Å². The van der Waals surface area contributed by atoms with Gasteiger partial charge in [0.2, 0.25) is 0 Å². The summed E-state index contributed by atoms with van der Waals surface area (Å²) in [5.74, 6) is 1.43. The maximum atomic E-state index is 6.03. The van der Waals surface area contributed by atoms with E-state index in [1.54, 1.807) is 0 Å². The monoisotopic (exact) mass is 293 g/mol. The van der Waals surface area contributed by atoms with E-state index in [1.807, 2.05) is 24.4 Å². The van der Waals surface area contributed by atoms with E-state index in [1.165, 1.54) is 0 Å². The Labute approximate surface area is 110 Å². The van der Waals surface area contributed by atoms with E-state index in [9.17, 15) is 0 Å². The molecule has 0 bridgehead atoms. The van der Waals surface area contributed by atoms with Crippen LogP contribution in [0.2, 0.25) is 0 Å². The highest BCUT2D eigenvalue weighted by molar-refractivity contribution is 9.10. The number of nitrogens with two attached hydrogens (primary N) is 1. The molecule has 0 fully saturated rings. The summed E-state index contributed by atoms with van der Waals surface area (Å²) in [6.07, 6.45) is 1.81. The number of anilines is 2.